The number of benzene rings is 2. The molecule has 0 spiro atoms. The number of nitrogens with one attached hydrogen (secondary N) is 2. The summed E-state index contributed by atoms with van der Waals surface area (Å²) in [4.78, 5) is 27.1. The summed E-state index contributed by atoms with van der Waals surface area (Å²) in [5, 5.41) is 6.17. The maximum absolute atomic E-state index is 13.0. The molecule has 1 saturated carbocycles. The van der Waals surface area contributed by atoms with Gasteiger partial charge in [0.1, 0.15) is 18.2 Å². The molecule has 0 unspecified atom stereocenters. The highest BCUT2D eigenvalue weighted by Gasteiger charge is 2.25. The molecule has 0 aromatic heterocycles. The molecule has 1 aliphatic carbocycles. The number of hydrogen-bond donors (Lipinski definition) is 2. The van der Waals surface area contributed by atoms with Crippen LogP contribution in [-0.4, -0.2) is 42.0 Å². The van der Waals surface area contributed by atoms with Crippen LogP contribution in [0.25, 0.3) is 0 Å². The summed E-state index contributed by atoms with van der Waals surface area (Å²) in [6.07, 6.45) is 7.23. The normalized spacial score (nSPS) is 17.4. The van der Waals surface area contributed by atoms with Crippen molar-refractivity contribution in [1.29, 1.82) is 0 Å². The van der Waals surface area contributed by atoms with Gasteiger partial charge >= 0.3 is 6.03 Å². The van der Waals surface area contributed by atoms with Crippen molar-refractivity contribution in [3.63, 3.8) is 0 Å². The molecule has 6 nitrogen and oxygen atoms in total. The predicted octanol–water partition coefficient (Wildman–Crippen LogP) is 4.64. The number of likely N-dealkylation sites (tertiary alicyclic amines) is 1. The van der Waals surface area contributed by atoms with Crippen LogP contribution >= 0.6 is 0 Å². The fourth-order valence-corrected chi connectivity index (χ4v) is 4.54. The lowest BCUT2D eigenvalue weighted by Gasteiger charge is -2.33. The van der Waals surface area contributed by atoms with Crippen LogP contribution in [-0.2, 0) is 6.61 Å². The molecule has 2 N–H and O–H groups in total. The molecule has 2 aromatic carbocycles. The predicted molar refractivity (Wildman–Crippen MR) is 125 cm³/mol. The number of carbonyl (C=O) groups excluding carboxylic acids is 2. The molecular weight excluding hydrogens is 421 g/mol. The maximum atomic E-state index is 13.0. The summed E-state index contributed by atoms with van der Waals surface area (Å²) in [6, 6.07) is 13.6. The second kappa shape index (κ2) is 11.2. The van der Waals surface area contributed by atoms with E-state index < -0.39 is 0 Å². The van der Waals surface area contributed by atoms with E-state index in [0.717, 1.165) is 31.2 Å². The van der Waals surface area contributed by atoms with E-state index in [2.05, 4.69) is 10.6 Å². The molecule has 3 amide bonds. The Morgan fingerprint density at radius 1 is 0.909 bits per heavy atom. The van der Waals surface area contributed by atoms with Gasteiger partial charge in [0.05, 0.1) is 0 Å². The number of amides is 3. The minimum atomic E-state index is -0.282. The van der Waals surface area contributed by atoms with E-state index in [9.17, 15) is 14.0 Å². The third kappa shape index (κ3) is 6.70. The number of halogens is 1. The van der Waals surface area contributed by atoms with Crippen molar-refractivity contribution in [3.05, 3.63) is 65.5 Å². The zero-order valence-electron chi connectivity index (χ0n) is 18.9. The summed E-state index contributed by atoms with van der Waals surface area (Å²) in [7, 11) is 0. The van der Waals surface area contributed by atoms with Gasteiger partial charge in [-0.25, -0.2) is 9.18 Å². The molecule has 4 rings (SSSR count). The van der Waals surface area contributed by atoms with Crippen LogP contribution in [0.1, 0.15) is 60.9 Å². The van der Waals surface area contributed by atoms with Gasteiger partial charge in [-0.2, -0.15) is 0 Å². The van der Waals surface area contributed by atoms with Crippen LogP contribution in [0, 0.1) is 5.82 Å². The zero-order chi connectivity index (χ0) is 23.0. The molecule has 1 aliphatic heterocycles. The first kappa shape index (κ1) is 23.1. The molecule has 1 saturated heterocycles. The molecule has 0 bridgehead atoms. The molecule has 33 heavy (non-hydrogen) atoms. The minimum absolute atomic E-state index is 0.0349. The molecular formula is C26H32FN3O3. The topological polar surface area (TPSA) is 70.7 Å². The third-order valence-electron chi connectivity index (χ3n) is 6.46. The Kier molecular flexibility index (Phi) is 7.81. The minimum Gasteiger partial charge on any atom is -0.489 e. The molecule has 1 heterocycles. The first-order valence-corrected chi connectivity index (χ1v) is 11.9. The van der Waals surface area contributed by atoms with Crippen LogP contribution in [0.2, 0.25) is 0 Å². The van der Waals surface area contributed by atoms with Crippen molar-refractivity contribution in [1.82, 2.24) is 15.5 Å². The fraction of sp³-hybridized carbons (Fsp3) is 0.462. The summed E-state index contributed by atoms with van der Waals surface area (Å²) in [5.41, 5.74) is 1.43. The van der Waals surface area contributed by atoms with E-state index >= 15 is 0 Å². The summed E-state index contributed by atoms with van der Waals surface area (Å²) < 4.78 is 18.8. The van der Waals surface area contributed by atoms with Crippen LogP contribution in [0.5, 0.6) is 5.75 Å². The maximum Gasteiger partial charge on any atom is 0.315 e. The van der Waals surface area contributed by atoms with E-state index in [0.29, 0.717) is 31.0 Å². The molecule has 2 aromatic rings. The SMILES string of the molecule is O=C(NC1CCCCC1)NC1CCN(C(=O)c2cccc(OCc3ccc(F)cc3)c2)CC1. The van der Waals surface area contributed by atoms with Gasteiger partial charge < -0.3 is 20.3 Å². The van der Waals surface area contributed by atoms with E-state index in [4.69, 9.17) is 4.74 Å². The largest absolute Gasteiger partial charge is 0.489 e. The second-order valence-electron chi connectivity index (χ2n) is 8.96. The third-order valence-corrected chi connectivity index (χ3v) is 6.46. The average molecular weight is 454 g/mol. The molecule has 7 heteroatoms. The number of nitrogens with zero attached hydrogens (tertiary/aromatic N) is 1. The van der Waals surface area contributed by atoms with Crippen molar-refractivity contribution in [2.75, 3.05) is 13.1 Å². The highest BCUT2D eigenvalue weighted by molar-refractivity contribution is 5.94. The monoisotopic (exact) mass is 453 g/mol. The lowest BCUT2D eigenvalue weighted by Crippen LogP contribution is -2.51. The van der Waals surface area contributed by atoms with Gasteiger partial charge in [0.15, 0.2) is 0 Å². The number of hydrogen-bond acceptors (Lipinski definition) is 3. The van der Waals surface area contributed by atoms with Crippen molar-refractivity contribution >= 4 is 11.9 Å². The lowest BCUT2D eigenvalue weighted by molar-refractivity contribution is 0.0707. The fourth-order valence-electron chi connectivity index (χ4n) is 4.54. The van der Waals surface area contributed by atoms with Crippen LogP contribution in [0.15, 0.2) is 48.5 Å². The molecule has 176 valence electrons. The highest BCUT2D eigenvalue weighted by Crippen LogP contribution is 2.20. The Bertz CT molecular complexity index is 936. The summed E-state index contributed by atoms with van der Waals surface area (Å²) >= 11 is 0. The molecule has 2 aliphatic rings. The number of ether oxygens (including phenoxy) is 1. The van der Waals surface area contributed by atoms with Gasteiger partial charge in [0.2, 0.25) is 0 Å². The van der Waals surface area contributed by atoms with Crippen LogP contribution in [0.4, 0.5) is 9.18 Å². The van der Waals surface area contributed by atoms with Crippen molar-refractivity contribution in [2.24, 2.45) is 0 Å². The van der Waals surface area contributed by atoms with Crippen molar-refractivity contribution < 1.29 is 18.7 Å². The van der Waals surface area contributed by atoms with Gasteiger partial charge in [0.25, 0.3) is 5.91 Å². The Balaban J connectivity index is 1.24. The number of urea groups is 1. The van der Waals surface area contributed by atoms with Gasteiger partial charge in [-0.1, -0.05) is 37.5 Å². The van der Waals surface area contributed by atoms with Crippen LogP contribution < -0.4 is 15.4 Å². The Morgan fingerprint density at radius 3 is 2.27 bits per heavy atom. The highest BCUT2D eigenvalue weighted by atomic mass is 19.1. The van der Waals surface area contributed by atoms with Gasteiger partial charge in [0, 0.05) is 30.7 Å². The molecule has 0 radical (unpaired) electrons. The summed E-state index contributed by atoms with van der Waals surface area (Å²) in [6.45, 7) is 1.51. The number of rotatable bonds is 6. The van der Waals surface area contributed by atoms with Crippen LogP contribution in [0.3, 0.4) is 0 Å². The smallest absolute Gasteiger partial charge is 0.315 e. The Morgan fingerprint density at radius 2 is 1.58 bits per heavy atom. The van der Waals surface area contributed by atoms with Gasteiger partial charge in [-0.3, -0.25) is 4.79 Å². The molecule has 2 fully saturated rings. The van der Waals surface area contributed by atoms with E-state index in [-0.39, 0.29) is 29.8 Å². The summed E-state index contributed by atoms with van der Waals surface area (Å²) in [5.74, 6) is 0.281. The number of carbonyl (C=O) groups is 2. The lowest BCUT2D eigenvalue weighted by atomic mass is 9.96. The van der Waals surface area contributed by atoms with Gasteiger partial charge in [-0.15, -0.1) is 0 Å². The van der Waals surface area contributed by atoms with E-state index in [1.54, 1.807) is 36.4 Å². The van der Waals surface area contributed by atoms with E-state index in [1.165, 1.54) is 31.4 Å². The van der Waals surface area contributed by atoms with Crippen molar-refractivity contribution in [3.8, 4) is 5.75 Å². The standard InChI is InChI=1S/C26H32FN3O3/c27-21-11-9-19(10-12-21)18-33-24-8-4-5-20(17-24)25(31)30-15-13-23(14-16-30)29-26(32)28-22-6-2-1-3-7-22/h4-5,8-12,17,22-23H,1-3,6-7,13-16,18H2,(H2,28,29,32). The van der Waals surface area contributed by atoms with E-state index in [1.807, 2.05) is 4.90 Å². The van der Waals surface area contributed by atoms with Gasteiger partial charge in [-0.05, 0) is 61.6 Å². The quantitative estimate of drug-likeness (QED) is 0.669. The Labute approximate surface area is 194 Å². The molecule has 0 atom stereocenters. The second-order valence-corrected chi connectivity index (χ2v) is 8.96. The first-order chi connectivity index (χ1) is 16.1. The zero-order valence-corrected chi connectivity index (χ0v) is 18.9. The average Bonchev–Trinajstić information content (AvgIpc) is 2.84. The Hall–Kier alpha value is -3.09. The first-order valence-electron chi connectivity index (χ1n) is 11.9. The van der Waals surface area contributed by atoms with Crippen molar-refractivity contribution in [2.45, 2.75) is 63.6 Å². The number of piperidine rings is 1.